The SMILES string of the molecule is CCc1nnc(SC)n1/N=C\c1ccc(OC)c(OC)c1Br. The molecule has 2 rings (SSSR count). The number of aromatic nitrogens is 3. The van der Waals surface area contributed by atoms with Crippen LogP contribution in [0.2, 0.25) is 0 Å². The van der Waals surface area contributed by atoms with Crippen LogP contribution in [-0.2, 0) is 6.42 Å². The molecule has 1 aromatic carbocycles. The second-order valence-electron chi connectivity index (χ2n) is 4.22. The predicted molar refractivity (Wildman–Crippen MR) is 91.4 cm³/mol. The highest BCUT2D eigenvalue weighted by Gasteiger charge is 2.12. The molecule has 0 bridgehead atoms. The minimum Gasteiger partial charge on any atom is -0.493 e. The Morgan fingerprint density at radius 2 is 2.09 bits per heavy atom. The van der Waals surface area contributed by atoms with E-state index in [9.17, 15) is 0 Å². The zero-order chi connectivity index (χ0) is 16.1. The summed E-state index contributed by atoms with van der Waals surface area (Å²) in [5.74, 6) is 2.11. The molecule has 1 heterocycles. The van der Waals surface area contributed by atoms with Gasteiger partial charge in [-0.3, -0.25) is 0 Å². The molecule has 22 heavy (non-hydrogen) atoms. The van der Waals surface area contributed by atoms with Crippen molar-refractivity contribution in [3.8, 4) is 11.5 Å². The van der Waals surface area contributed by atoms with Gasteiger partial charge < -0.3 is 9.47 Å². The molecule has 118 valence electrons. The first-order valence-electron chi connectivity index (χ1n) is 6.59. The number of nitrogens with zero attached hydrogens (tertiary/aromatic N) is 4. The van der Waals surface area contributed by atoms with E-state index in [-0.39, 0.29) is 0 Å². The first-order valence-corrected chi connectivity index (χ1v) is 8.61. The summed E-state index contributed by atoms with van der Waals surface area (Å²) in [7, 11) is 3.21. The van der Waals surface area contributed by atoms with E-state index in [2.05, 4.69) is 31.2 Å². The maximum atomic E-state index is 5.37. The van der Waals surface area contributed by atoms with Crippen molar-refractivity contribution in [2.75, 3.05) is 20.5 Å². The van der Waals surface area contributed by atoms with Crippen LogP contribution in [0.4, 0.5) is 0 Å². The van der Waals surface area contributed by atoms with E-state index in [4.69, 9.17) is 9.47 Å². The van der Waals surface area contributed by atoms with Gasteiger partial charge in [-0.2, -0.15) is 9.78 Å². The van der Waals surface area contributed by atoms with Crippen LogP contribution in [0.3, 0.4) is 0 Å². The first kappa shape index (κ1) is 16.8. The highest BCUT2D eigenvalue weighted by Crippen LogP contribution is 2.36. The normalized spacial score (nSPS) is 11.1. The fourth-order valence-corrected chi connectivity index (χ4v) is 2.92. The summed E-state index contributed by atoms with van der Waals surface area (Å²) in [6.07, 6.45) is 4.45. The quantitative estimate of drug-likeness (QED) is 0.565. The minimum absolute atomic E-state index is 0.635. The Labute approximate surface area is 142 Å². The van der Waals surface area contributed by atoms with Crippen molar-refractivity contribution in [1.82, 2.24) is 14.9 Å². The monoisotopic (exact) mass is 384 g/mol. The second kappa shape index (κ2) is 7.64. The Balaban J connectivity index is 2.41. The molecule has 0 aliphatic rings. The van der Waals surface area contributed by atoms with Gasteiger partial charge in [-0.1, -0.05) is 18.7 Å². The molecule has 2 aromatic rings. The zero-order valence-electron chi connectivity index (χ0n) is 12.8. The molecule has 0 aliphatic heterocycles. The van der Waals surface area contributed by atoms with Gasteiger partial charge in [0.15, 0.2) is 17.3 Å². The van der Waals surface area contributed by atoms with E-state index < -0.39 is 0 Å². The third-order valence-corrected chi connectivity index (χ3v) is 4.44. The molecule has 0 unspecified atom stereocenters. The van der Waals surface area contributed by atoms with E-state index in [0.717, 1.165) is 27.4 Å². The van der Waals surface area contributed by atoms with Gasteiger partial charge in [-0.25, -0.2) is 0 Å². The van der Waals surface area contributed by atoms with Gasteiger partial charge in [0, 0.05) is 12.0 Å². The van der Waals surface area contributed by atoms with Crippen molar-refractivity contribution in [3.05, 3.63) is 28.0 Å². The van der Waals surface area contributed by atoms with Crippen LogP contribution in [0.15, 0.2) is 26.9 Å². The topological polar surface area (TPSA) is 61.5 Å². The smallest absolute Gasteiger partial charge is 0.211 e. The predicted octanol–water partition coefficient (Wildman–Crippen LogP) is 3.22. The molecule has 0 aliphatic carbocycles. The van der Waals surface area contributed by atoms with Crippen molar-refractivity contribution in [2.24, 2.45) is 5.10 Å². The molecule has 0 saturated carbocycles. The lowest BCUT2D eigenvalue weighted by molar-refractivity contribution is 0.353. The fourth-order valence-electron chi connectivity index (χ4n) is 1.88. The highest BCUT2D eigenvalue weighted by atomic mass is 79.9. The van der Waals surface area contributed by atoms with Crippen LogP contribution >= 0.6 is 27.7 Å². The van der Waals surface area contributed by atoms with E-state index in [0.29, 0.717) is 11.5 Å². The summed E-state index contributed by atoms with van der Waals surface area (Å²) in [6.45, 7) is 2.02. The Morgan fingerprint density at radius 1 is 1.32 bits per heavy atom. The molecule has 0 atom stereocenters. The van der Waals surface area contributed by atoms with Gasteiger partial charge in [0.25, 0.3) is 0 Å². The molecule has 0 radical (unpaired) electrons. The van der Waals surface area contributed by atoms with Crippen LogP contribution < -0.4 is 9.47 Å². The van der Waals surface area contributed by atoms with Crippen molar-refractivity contribution in [3.63, 3.8) is 0 Å². The highest BCUT2D eigenvalue weighted by molar-refractivity contribution is 9.10. The summed E-state index contributed by atoms with van der Waals surface area (Å²) >= 11 is 5.03. The van der Waals surface area contributed by atoms with Crippen LogP contribution in [0, 0.1) is 0 Å². The van der Waals surface area contributed by atoms with Gasteiger partial charge in [0.2, 0.25) is 5.16 Å². The maximum Gasteiger partial charge on any atom is 0.211 e. The Kier molecular flexibility index (Phi) is 5.84. The maximum absolute atomic E-state index is 5.37. The number of rotatable bonds is 6. The van der Waals surface area contributed by atoms with Crippen molar-refractivity contribution >= 4 is 33.9 Å². The summed E-state index contributed by atoms with van der Waals surface area (Å²) < 4.78 is 13.2. The number of hydrogen-bond donors (Lipinski definition) is 0. The number of aryl methyl sites for hydroxylation is 1. The van der Waals surface area contributed by atoms with E-state index >= 15 is 0 Å². The van der Waals surface area contributed by atoms with E-state index in [1.54, 1.807) is 25.1 Å². The van der Waals surface area contributed by atoms with Crippen LogP contribution in [0.1, 0.15) is 18.3 Å². The molecule has 0 saturated heterocycles. The molecule has 0 spiro atoms. The Morgan fingerprint density at radius 3 is 2.68 bits per heavy atom. The van der Waals surface area contributed by atoms with Crippen LogP contribution in [-0.4, -0.2) is 41.6 Å². The second-order valence-corrected chi connectivity index (χ2v) is 5.78. The van der Waals surface area contributed by atoms with Gasteiger partial charge in [0.05, 0.1) is 24.9 Å². The first-order chi connectivity index (χ1) is 10.7. The average Bonchev–Trinajstić information content (AvgIpc) is 2.95. The zero-order valence-corrected chi connectivity index (χ0v) is 15.2. The van der Waals surface area contributed by atoms with Crippen LogP contribution in [0.5, 0.6) is 11.5 Å². The molecule has 0 fully saturated rings. The van der Waals surface area contributed by atoms with Crippen molar-refractivity contribution in [1.29, 1.82) is 0 Å². The third-order valence-electron chi connectivity index (χ3n) is 3.00. The van der Waals surface area contributed by atoms with Crippen LogP contribution in [0.25, 0.3) is 0 Å². The molecule has 0 amide bonds. The van der Waals surface area contributed by atoms with Crippen molar-refractivity contribution < 1.29 is 9.47 Å². The number of halogens is 1. The number of methoxy groups -OCH3 is 2. The number of benzene rings is 1. The Bertz CT molecular complexity index is 666. The molecule has 0 N–H and O–H groups in total. The number of thioether (sulfide) groups is 1. The lowest BCUT2D eigenvalue weighted by atomic mass is 10.2. The third kappa shape index (κ3) is 3.27. The lowest BCUT2D eigenvalue weighted by Crippen LogP contribution is -2.00. The summed E-state index contributed by atoms with van der Waals surface area (Å²) in [4.78, 5) is 0. The fraction of sp³-hybridized carbons (Fsp3) is 0.357. The van der Waals surface area contributed by atoms with Gasteiger partial charge in [-0.05, 0) is 34.3 Å². The Hall–Kier alpha value is -1.54. The van der Waals surface area contributed by atoms with Crippen molar-refractivity contribution in [2.45, 2.75) is 18.5 Å². The van der Waals surface area contributed by atoms with E-state index in [1.807, 2.05) is 25.3 Å². The molecular weight excluding hydrogens is 368 g/mol. The largest absolute Gasteiger partial charge is 0.493 e. The lowest BCUT2D eigenvalue weighted by Gasteiger charge is -2.11. The minimum atomic E-state index is 0.635. The molecular formula is C14H17BrN4O2S. The molecule has 8 heteroatoms. The molecule has 6 nitrogen and oxygen atoms in total. The summed E-state index contributed by atoms with van der Waals surface area (Å²) in [5.41, 5.74) is 0.875. The average molecular weight is 385 g/mol. The van der Waals surface area contributed by atoms with E-state index in [1.165, 1.54) is 11.8 Å². The summed E-state index contributed by atoms with van der Waals surface area (Å²) in [6, 6.07) is 3.75. The van der Waals surface area contributed by atoms with Gasteiger partial charge in [0.1, 0.15) is 0 Å². The summed E-state index contributed by atoms with van der Waals surface area (Å²) in [5, 5.41) is 13.5. The molecule has 1 aromatic heterocycles. The standard InChI is InChI=1S/C14H17BrN4O2S/c1-5-11-17-18-14(22-4)19(11)16-8-9-6-7-10(20-2)13(21-3)12(9)15/h6-8H,5H2,1-4H3/b16-8-. The van der Waals surface area contributed by atoms with Gasteiger partial charge in [-0.15, -0.1) is 10.2 Å². The number of ether oxygens (including phenoxy) is 2. The van der Waals surface area contributed by atoms with Gasteiger partial charge >= 0.3 is 0 Å². The number of hydrogen-bond acceptors (Lipinski definition) is 6.